The van der Waals surface area contributed by atoms with E-state index in [4.69, 9.17) is 5.73 Å². The number of nitrogens with two attached hydrogens (primary N) is 1. The molecule has 1 aromatic heterocycles. The molecule has 1 aromatic rings. The summed E-state index contributed by atoms with van der Waals surface area (Å²) in [5.74, 6) is -0.379. The SMILES string of the molecule is CC1CCCC(CN)N1S(=O)(=O)c1ccc([N+](=O)[O-])nc1. The van der Waals surface area contributed by atoms with E-state index in [-0.39, 0.29) is 29.3 Å². The van der Waals surface area contributed by atoms with Crippen LogP contribution >= 0.6 is 0 Å². The first kappa shape index (κ1) is 15.8. The second-order valence-corrected chi connectivity index (χ2v) is 6.96. The molecule has 0 aliphatic carbocycles. The number of sulfonamides is 1. The van der Waals surface area contributed by atoms with Crippen molar-refractivity contribution >= 4 is 15.8 Å². The van der Waals surface area contributed by atoms with Gasteiger partial charge in [-0.15, -0.1) is 0 Å². The molecule has 8 nitrogen and oxygen atoms in total. The number of piperidine rings is 1. The van der Waals surface area contributed by atoms with E-state index < -0.39 is 14.9 Å². The van der Waals surface area contributed by atoms with Crippen LogP contribution in [0.1, 0.15) is 26.2 Å². The smallest absolute Gasteiger partial charge is 0.358 e. The Hall–Kier alpha value is -1.58. The highest BCUT2D eigenvalue weighted by Crippen LogP contribution is 2.29. The average molecular weight is 314 g/mol. The monoisotopic (exact) mass is 314 g/mol. The van der Waals surface area contributed by atoms with Gasteiger partial charge in [0.1, 0.15) is 4.90 Å². The van der Waals surface area contributed by atoms with Crippen LogP contribution in [-0.2, 0) is 10.0 Å². The molecule has 0 bridgehead atoms. The van der Waals surface area contributed by atoms with Gasteiger partial charge in [0.2, 0.25) is 10.0 Å². The fourth-order valence-electron chi connectivity index (χ4n) is 2.67. The molecule has 116 valence electrons. The van der Waals surface area contributed by atoms with Crippen LogP contribution in [0.4, 0.5) is 5.82 Å². The van der Waals surface area contributed by atoms with Crippen LogP contribution in [0.2, 0.25) is 0 Å². The fourth-order valence-corrected chi connectivity index (χ4v) is 4.51. The van der Waals surface area contributed by atoms with Crippen molar-refractivity contribution in [2.45, 2.75) is 43.2 Å². The third kappa shape index (κ3) is 3.04. The molecule has 0 aromatic carbocycles. The number of nitrogens with zero attached hydrogens (tertiary/aromatic N) is 3. The van der Waals surface area contributed by atoms with Gasteiger partial charge in [0.15, 0.2) is 6.20 Å². The summed E-state index contributed by atoms with van der Waals surface area (Å²) in [6.45, 7) is 2.10. The lowest BCUT2D eigenvalue weighted by molar-refractivity contribution is -0.389. The van der Waals surface area contributed by atoms with Crippen LogP contribution in [0.3, 0.4) is 0 Å². The van der Waals surface area contributed by atoms with E-state index in [1.54, 1.807) is 0 Å². The quantitative estimate of drug-likeness (QED) is 0.650. The number of hydrogen-bond acceptors (Lipinski definition) is 6. The zero-order valence-corrected chi connectivity index (χ0v) is 12.5. The third-order valence-corrected chi connectivity index (χ3v) is 5.76. The van der Waals surface area contributed by atoms with Crippen molar-refractivity contribution in [1.29, 1.82) is 0 Å². The molecule has 0 spiro atoms. The summed E-state index contributed by atoms with van der Waals surface area (Å²) in [6, 6.07) is 1.93. The van der Waals surface area contributed by atoms with E-state index >= 15 is 0 Å². The molecule has 2 heterocycles. The number of aromatic nitrogens is 1. The molecule has 21 heavy (non-hydrogen) atoms. The summed E-state index contributed by atoms with van der Waals surface area (Å²) in [6.07, 6.45) is 3.46. The summed E-state index contributed by atoms with van der Waals surface area (Å²) in [4.78, 5) is 13.5. The molecule has 0 amide bonds. The van der Waals surface area contributed by atoms with Gasteiger partial charge in [-0.3, -0.25) is 0 Å². The summed E-state index contributed by atoms with van der Waals surface area (Å²) in [5.41, 5.74) is 5.68. The minimum absolute atomic E-state index is 0.0414. The van der Waals surface area contributed by atoms with E-state index in [0.29, 0.717) is 0 Å². The molecule has 0 saturated carbocycles. The van der Waals surface area contributed by atoms with Crippen LogP contribution in [-0.4, -0.2) is 41.3 Å². The lowest BCUT2D eigenvalue weighted by Crippen LogP contribution is -2.51. The van der Waals surface area contributed by atoms with Crippen LogP contribution in [0, 0.1) is 10.1 Å². The third-order valence-electron chi connectivity index (χ3n) is 3.71. The first-order valence-electron chi connectivity index (χ1n) is 6.72. The van der Waals surface area contributed by atoms with E-state index in [1.807, 2.05) is 6.92 Å². The minimum Gasteiger partial charge on any atom is -0.358 e. The second kappa shape index (κ2) is 6.04. The van der Waals surface area contributed by atoms with Gasteiger partial charge in [0.05, 0.1) is 0 Å². The maximum Gasteiger partial charge on any atom is 0.363 e. The lowest BCUT2D eigenvalue weighted by Gasteiger charge is -2.38. The van der Waals surface area contributed by atoms with Gasteiger partial charge < -0.3 is 15.8 Å². The van der Waals surface area contributed by atoms with E-state index in [0.717, 1.165) is 31.5 Å². The van der Waals surface area contributed by atoms with Gasteiger partial charge in [-0.2, -0.15) is 4.31 Å². The molecule has 1 aliphatic heterocycles. The van der Waals surface area contributed by atoms with Crippen molar-refractivity contribution in [1.82, 2.24) is 9.29 Å². The number of pyridine rings is 1. The Bertz CT molecular complexity index is 617. The molecule has 1 fully saturated rings. The average Bonchev–Trinajstić information content (AvgIpc) is 2.46. The number of rotatable bonds is 4. The molecule has 2 unspecified atom stereocenters. The largest absolute Gasteiger partial charge is 0.363 e. The normalized spacial score (nSPS) is 23.9. The van der Waals surface area contributed by atoms with E-state index in [9.17, 15) is 18.5 Å². The highest BCUT2D eigenvalue weighted by molar-refractivity contribution is 7.89. The molecular weight excluding hydrogens is 296 g/mol. The highest BCUT2D eigenvalue weighted by Gasteiger charge is 2.37. The predicted octanol–water partition coefficient (Wildman–Crippen LogP) is 0.880. The van der Waals surface area contributed by atoms with E-state index in [1.165, 1.54) is 10.4 Å². The maximum absolute atomic E-state index is 12.7. The Kier molecular flexibility index (Phi) is 4.55. The molecule has 2 N–H and O–H groups in total. The molecule has 2 atom stereocenters. The van der Waals surface area contributed by atoms with Gasteiger partial charge in [0, 0.05) is 24.7 Å². The summed E-state index contributed by atoms with van der Waals surface area (Å²) >= 11 is 0. The van der Waals surface area contributed by atoms with Crippen molar-refractivity contribution in [2.24, 2.45) is 5.73 Å². The first-order chi connectivity index (χ1) is 9.87. The zero-order chi connectivity index (χ0) is 15.6. The topological polar surface area (TPSA) is 119 Å². The van der Waals surface area contributed by atoms with E-state index in [2.05, 4.69) is 4.98 Å². The van der Waals surface area contributed by atoms with Crippen LogP contribution in [0.5, 0.6) is 0 Å². The molecule has 2 rings (SSSR count). The Labute approximate surface area is 123 Å². The Morgan fingerprint density at radius 2 is 2.19 bits per heavy atom. The standard InChI is InChI=1S/C12H18N4O4S/c1-9-3-2-4-10(7-13)15(9)21(19,20)11-5-6-12(14-8-11)16(17)18/h5-6,8-10H,2-4,7,13H2,1H3. The Balaban J connectivity index is 2.37. The van der Waals surface area contributed by atoms with Crippen molar-refractivity contribution < 1.29 is 13.3 Å². The van der Waals surface area contributed by atoms with Gasteiger partial charge in [-0.05, 0) is 35.7 Å². The van der Waals surface area contributed by atoms with Crippen molar-refractivity contribution in [3.8, 4) is 0 Å². The van der Waals surface area contributed by atoms with Gasteiger partial charge >= 0.3 is 5.82 Å². The minimum atomic E-state index is -3.75. The molecular formula is C12H18N4O4S. The number of hydrogen-bond donors (Lipinski definition) is 1. The Morgan fingerprint density at radius 3 is 2.71 bits per heavy atom. The molecule has 1 aliphatic rings. The maximum atomic E-state index is 12.7. The van der Waals surface area contributed by atoms with Crippen molar-refractivity contribution in [2.75, 3.05) is 6.54 Å². The predicted molar refractivity (Wildman–Crippen MR) is 76.1 cm³/mol. The van der Waals surface area contributed by atoms with Crippen molar-refractivity contribution in [3.05, 3.63) is 28.4 Å². The van der Waals surface area contributed by atoms with Gasteiger partial charge in [-0.1, -0.05) is 6.42 Å². The lowest BCUT2D eigenvalue weighted by atomic mass is 10.00. The number of nitro groups is 1. The fraction of sp³-hybridized carbons (Fsp3) is 0.583. The summed E-state index contributed by atoms with van der Waals surface area (Å²) in [7, 11) is -3.75. The molecule has 9 heteroatoms. The zero-order valence-electron chi connectivity index (χ0n) is 11.7. The summed E-state index contributed by atoms with van der Waals surface area (Å²) < 4.78 is 26.8. The Morgan fingerprint density at radius 1 is 1.48 bits per heavy atom. The molecule has 0 radical (unpaired) electrons. The van der Waals surface area contributed by atoms with Crippen LogP contribution < -0.4 is 5.73 Å². The summed E-state index contributed by atoms with van der Waals surface area (Å²) in [5, 5.41) is 10.6. The van der Waals surface area contributed by atoms with Gasteiger partial charge in [0.25, 0.3) is 0 Å². The second-order valence-electron chi connectivity index (χ2n) is 5.11. The van der Waals surface area contributed by atoms with Gasteiger partial charge in [-0.25, -0.2) is 8.42 Å². The van der Waals surface area contributed by atoms with Crippen LogP contribution in [0.25, 0.3) is 0 Å². The van der Waals surface area contributed by atoms with Crippen molar-refractivity contribution in [3.63, 3.8) is 0 Å². The first-order valence-corrected chi connectivity index (χ1v) is 8.16. The molecule has 1 saturated heterocycles. The van der Waals surface area contributed by atoms with Crippen LogP contribution in [0.15, 0.2) is 23.2 Å². The highest BCUT2D eigenvalue weighted by atomic mass is 32.2.